The summed E-state index contributed by atoms with van der Waals surface area (Å²) in [5.74, 6) is 1.01. The third kappa shape index (κ3) is 4.81. The minimum absolute atomic E-state index is 0.0542. The normalized spacial score (nSPS) is 18.3. The first-order valence-electron chi connectivity index (χ1n) is 7.23. The van der Waals surface area contributed by atoms with Crippen LogP contribution in [0.3, 0.4) is 0 Å². The molecule has 104 valence electrons. The molecule has 1 fully saturated rings. The summed E-state index contributed by atoms with van der Waals surface area (Å²) in [4.78, 5) is 14.3. The Balaban J connectivity index is 2.51. The van der Waals surface area contributed by atoms with Crippen LogP contribution < -0.4 is 5.32 Å². The zero-order valence-corrected chi connectivity index (χ0v) is 12.0. The van der Waals surface area contributed by atoms with Crippen molar-refractivity contribution in [2.75, 3.05) is 26.7 Å². The molecule has 3 nitrogen and oxygen atoms in total. The molecule has 1 atom stereocenters. The van der Waals surface area contributed by atoms with E-state index in [0.717, 1.165) is 13.1 Å². The molecule has 0 heterocycles. The first-order chi connectivity index (χ1) is 8.69. The van der Waals surface area contributed by atoms with Gasteiger partial charge in [-0.05, 0) is 25.8 Å². The number of hydrogen-bond acceptors (Lipinski definition) is 2. The number of amides is 1. The predicted molar refractivity (Wildman–Crippen MR) is 76.4 cm³/mol. The van der Waals surface area contributed by atoms with E-state index in [1.54, 1.807) is 0 Å². The average Bonchev–Trinajstić information content (AvgIpc) is 2.39. The molecular weight excluding hydrogens is 224 g/mol. The largest absolute Gasteiger partial charge is 0.338 e. The Morgan fingerprint density at radius 3 is 2.67 bits per heavy atom. The zero-order valence-electron chi connectivity index (χ0n) is 12.0. The van der Waals surface area contributed by atoms with Crippen molar-refractivity contribution in [2.24, 2.45) is 11.8 Å². The van der Waals surface area contributed by atoms with Gasteiger partial charge in [-0.1, -0.05) is 32.3 Å². The second kappa shape index (κ2) is 8.30. The van der Waals surface area contributed by atoms with Crippen molar-refractivity contribution < 1.29 is 4.79 Å². The molecule has 0 spiro atoms. The van der Waals surface area contributed by atoms with Gasteiger partial charge in [-0.3, -0.25) is 4.79 Å². The minimum Gasteiger partial charge on any atom is -0.338 e. The standard InChI is InChI=1S/C15H28N2O/c1-4-10-17(15(18)13(2)11-16-3)12-14-8-6-5-7-9-14/h4,13-14,16H,1,5-12H2,2-3H3. The number of carbonyl (C=O) groups is 1. The molecule has 1 rings (SSSR count). The Morgan fingerprint density at radius 1 is 1.44 bits per heavy atom. The van der Waals surface area contributed by atoms with Crippen molar-refractivity contribution in [2.45, 2.75) is 39.0 Å². The van der Waals surface area contributed by atoms with Crippen molar-refractivity contribution in [1.82, 2.24) is 10.2 Å². The highest BCUT2D eigenvalue weighted by atomic mass is 16.2. The maximum atomic E-state index is 12.3. The summed E-state index contributed by atoms with van der Waals surface area (Å²) in [6.07, 6.45) is 8.41. The lowest BCUT2D eigenvalue weighted by Crippen LogP contribution is -2.41. The topological polar surface area (TPSA) is 32.3 Å². The predicted octanol–water partition coefficient (Wildman–Crippen LogP) is 2.44. The quantitative estimate of drug-likeness (QED) is 0.706. The maximum absolute atomic E-state index is 12.3. The van der Waals surface area contributed by atoms with E-state index in [4.69, 9.17) is 0 Å². The summed E-state index contributed by atoms with van der Waals surface area (Å²) in [5.41, 5.74) is 0. The lowest BCUT2D eigenvalue weighted by Gasteiger charge is -2.30. The molecule has 0 aromatic heterocycles. The van der Waals surface area contributed by atoms with Crippen LogP contribution in [0.5, 0.6) is 0 Å². The minimum atomic E-state index is 0.0542. The molecule has 0 saturated heterocycles. The molecule has 1 unspecified atom stereocenters. The molecule has 0 aromatic rings. The third-order valence-corrected chi connectivity index (χ3v) is 3.80. The fraction of sp³-hybridized carbons (Fsp3) is 0.800. The van der Waals surface area contributed by atoms with E-state index in [1.165, 1.54) is 32.1 Å². The van der Waals surface area contributed by atoms with Crippen LogP contribution in [0.1, 0.15) is 39.0 Å². The SMILES string of the molecule is C=CCN(CC1CCCCC1)C(=O)C(C)CNC. The van der Waals surface area contributed by atoms with Gasteiger partial charge >= 0.3 is 0 Å². The Bertz CT molecular complexity index is 259. The first-order valence-corrected chi connectivity index (χ1v) is 7.23. The summed E-state index contributed by atoms with van der Waals surface area (Å²) in [6.45, 7) is 8.11. The van der Waals surface area contributed by atoms with Crippen LogP contribution in [-0.4, -0.2) is 37.5 Å². The van der Waals surface area contributed by atoms with Crippen LogP contribution in [0.15, 0.2) is 12.7 Å². The van der Waals surface area contributed by atoms with Gasteiger partial charge in [-0.25, -0.2) is 0 Å². The molecule has 1 aliphatic carbocycles. The van der Waals surface area contributed by atoms with Gasteiger partial charge < -0.3 is 10.2 Å². The third-order valence-electron chi connectivity index (χ3n) is 3.80. The van der Waals surface area contributed by atoms with Crippen molar-refractivity contribution in [3.8, 4) is 0 Å². The fourth-order valence-corrected chi connectivity index (χ4v) is 2.80. The molecule has 0 bridgehead atoms. The van der Waals surface area contributed by atoms with Gasteiger partial charge in [0.15, 0.2) is 0 Å². The molecule has 1 amide bonds. The van der Waals surface area contributed by atoms with Gasteiger partial charge in [0.05, 0.1) is 0 Å². The van der Waals surface area contributed by atoms with Gasteiger partial charge in [0, 0.05) is 25.6 Å². The highest BCUT2D eigenvalue weighted by Crippen LogP contribution is 2.24. The summed E-state index contributed by atoms with van der Waals surface area (Å²) in [7, 11) is 1.89. The van der Waals surface area contributed by atoms with Crippen LogP contribution >= 0.6 is 0 Å². The molecular formula is C15H28N2O. The van der Waals surface area contributed by atoms with E-state index in [0.29, 0.717) is 12.5 Å². The van der Waals surface area contributed by atoms with Gasteiger partial charge in [0.2, 0.25) is 5.91 Å². The van der Waals surface area contributed by atoms with Crippen molar-refractivity contribution >= 4 is 5.91 Å². The van der Waals surface area contributed by atoms with Crippen LogP contribution in [0, 0.1) is 11.8 Å². The lowest BCUT2D eigenvalue weighted by molar-refractivity contribution is -0.135. The molecule has 0 aromatic carbocycles. The Morgan fingerprint density at radius 2 is 2.11 bits per heavy atom. The Labute approximate surface area is 112 Å². The highest BCUT2D eigenvalue weighted by molar-refractivity contribution is 5.78. The van der Waals surface area contributed by atoms with Crippen molar-refractivity contribution in [3.63, 3.8) is 0 Å². The number of hydrogen-bond donors (Lipinski definition) is 1. The Hall–Kier alpha value is -0.830. The fourth-order valence-electron chi connectivity index (χ4n) is 2.80. The van der Waals surface area contributed by atoms with E-state index < -0.39 is 0 Å². The van der Waals surface area contributed by atoms with E-state index >= 15 is 0 Å². The van der Waals surface area contributed by atoms with Crippen LogP contribution in [-0.2, 0) is 4.79 Å². The van der Waals surface area contributed by atoms with Gasteiger partial charge in [0.25, 0.3) is 0 Å². The van der Waals surface area contributed by atoms with Crippen LogP contribution in [0.25, 0.3) is 0 Å². The number of nitrogens with one attached hydrogen (secondary N) is 1. The molecule has 3 heteroatoms. The van der Waals surface area contributed by atoms with Crippen LogP contribution in [0.4, 0.5) is 0 Å². The Kier molecular flexibility index (Phi) is 7.02. The number of carbonyl (C=O) groups excluding carboxylic acids is 1. The van der Waals surface area contributed by atoms with Gasteiger partial charge in [-0.15, -0.1) is 6.58 Å². The molecule has 1 N–H and O–H groups in total. The molecule has 0 radical (unpaired) electrons. The van der Waals surface area contributed by atoms with Gasteiger partial charge in [0.1, 0.15) is 0 Å². The number of nitrogens with zero attached hydrogens (tertiary/aromatic N) is 1. The maximum Gasteiger partial charge on any atom is 0.226 e. The summed E-state index contributed by atoms with van der Waals surface area (Å²) >= 11 is 0. The highest BCUT2D eigenvalue weighted by Gasteiger charge is 2.23. The summed E-state index contributed by atoms with van der Waals surface area (Å²) < 4.78 is 0. The second-order valence-electron chi connectivity index (χ2n) is 5.49. The summed E-state index contributed by atoms with van der Waals surface area (Å²) in [5, 5.41) is 3.08. The molecule has 1 saturated carbocycles. The molecule has 0 aliphatic heterocycles. The van der Waals surface area contributed by atoms with E-state index in [1.807, 2.05) is 24.9 Å². The van der Waals surface area contributed by atoms with E-state index in [9.17, 15) is 4.79 Å². The first kappa shape index (κ1) is 15.2. The summed E-state index contributed by atoms with van der Waals surface area (Å²) in [6, 6.07) is 0. The monoisotopic (exact) mass is 252 g/mol. The molecule has 1 aliphatic rings. The van der Waals surface area contributed by atoms with Crippen LogP contribution in [0.2, 0.25) is 0 Å². The van der Waals surface area contributed by atoms with Crippen molar-refractivity contribution in [1.29, 1.82) is 0 Å². The number of rotatable bonds is 7. The molecule has 18 heavy (non-hydrogen) atoms. The average molecular weight is 252 g/mol. The van der Waals surface area contributed by atoms with E-state index in [2.05, 4.69) is 11.9 Å². The smallest absolute Gasteiger partial charge is 0.226 e. The van der Waals surface area contributed by atoms with Crippen molar-refractivity contribution in [3.05, 3.63) is 12.7 Å². The van der Waals surface area contributed by atoms with Gasteiger partial charge in [-0.2, -0.15) is 0 Å². The van der Waals surface area contributed by atoms with E-state index in [-0.39, 0.29) is 11.8 Å². The second-order valence-corrected chi connectivity index (χ2v) is 5.49. The lowest BCUT2D eigenvalue weighted by atomic mass is 9.88. The zero-order chi connectivity index (χ0) is 13.4.